The van der Waals surface area contributed by atoms with Crippen molar-refractivity contribution in [1.82, 2.24) is 9.97 Å². The number of nitrogens with one attached hydrogen (secondary N) is 1. The van der Waals surface area contributed by atoms with Crippen molar-refractivity contribution in [1.29, 1.82) is 0 Å². The van der Waals surface area contributed by atoms with Crippen molar-refractivity contribution in [3.63, 3.8) is 0 Å². The smallest absolute Gasteiger partial charge is 0.134 e. The highest BCUT2D eigenvalue weighted by atomic mass is 35.5. The summed E-state index contributed by atoms with van der Waals surface area (Å²) < 4.78 is 0. The first kappa shape index (κ1) is 14.2. The predicted octanol–water partition coefficient (Wildman–Crippen LogP) is 4.07. The average molecular weight is 256 g/mol. The van der Waals surface area contributed by atoms with E-state index in [-0.39, 0.29) is 0 Å². The highest BCUT2D eigenvalue weighted by Gasteiger charge is 2.06. The number of anilines is 1. The SMILES string of the molecule is CCCC[C@H](CC)CNc1cc(Cl)nc(C)n1. The first-order valence-electron chi connectivity index (χ1n) is 6.40. The fourth-order valence-corrected chi connectivity index (χ4v) is 2.04. The Kier molecular flexibility index (Phi) is 6.27. The number of aromatic nitrogens is 2. The Morgan fingerprint density at radius 1 is 1.35 bits per heavy atom. The number of unbranched alkanes of at least 4 members (excludes halogenated alkanes) is 1. The van der Waals surface area contributed by atoms with E-state index in [4.69, 9.17) is 11.6 Å². The Balaban J connectivity index is 2.47. The maximum absolute atomic E-state index is 5.89. The van der Waals surface area contributed by atoms with Gasteiger partial charge in [-0.25, -0.2) is 9.97 Å². The number of aryl methyl sites for hydroxylation is 1. The highest BCUT2D eigenvalue weighted by molar-refractivity contribution is 6.29. The minimum absolute atomic E-state index is 0.501. The van der Waals surface area contributed by atoms with Crippen LogP contribution in [0.5, 0.6) is 0 Å². The van der Waals surface area contributed by atoms with Crippen molar-refractivity contribution in [2.75, 3.05) is 11.9 Å². The Labute approximate surface area is 109 Å². The van der Waals surface area contributed by atoms with Crippen molar-refractivity contribution in [3.8, 4) is 0 Å². The van der Waals surface area contributed by atoms with Gasteiger partial charge in [-0.3, -0.25) is 0 Å². The van der Waals surface area contributed by atoms with Crippen molar-refractivity contribution in [3.05, 3.63) is 17.0 Å². The third-order valence-electron chi connectivity index (χ3n) is 2.92. The molecule has 0 unspecified atom stereocenters. The van der Waals surface area contributed by atoms with Gasteiger partial charge in [0, 0.05) is 12.6 Å². The fourth-order valence-electron chi connectivity index (χ4n) is 1.81. The molecule has 0 aliphatic rings. The molecule has 0 radical (unpaired) electrons. The van der Waals surface area contributed by atoms with Gasteiger partial charge in [-0.1, -0.05) is 44.7 Å². The molecule has 1 N–H and O–H groups in total. The molecule has 0 aliphatic carbocycles. The minimum Gasteiger partial charge on any atom is -0.370 e. The second kappa shape index (κ2) is 7.49. The molecule has 0 amide bonds. The van der Waals surface area contributed by atoms with E-state index < -0.39 is 0 Å². The van der Waals surface area contributed by atoms with Crippen LogP contribution < -0.4 is 5.32 Å². The monoisotopic (exact) mass is 255 g/mol. The molecule has 1 aromatic heterocycles. The molecule has 0 saturated heterocycles. The highest BCUT2D eigenvalue weighted by Crippen LogP contribution is 2.15. The predicted molar refractivity (Wildman–Crippen MR) is 73.6 cm³/mol. The summed E-state index contributed by atoms with van der Waals surface area (Å²) in [5, 5.41) is 3.85. The standard InChI is InChI=1S/C13H22ClN3/c1-4-6-7-11(5-2)9-15-13-8-12(14)16-10(3)17-13/h8,11H,4-7,9H2,1-3H3,(H,15,16,17)/t11-/m0/s1. The molecule has 1 rings (SSSR count). The van der Waals surface area contributed by atoms with Gasteiger partial charge in [0.1, 0.15) is 16.8 Å². The third kappa shape index (κ3) is 5.35. The van der Waals surface area contributed by atoms with Gasteiger partial charge in [-0.2, -0.15) is 0 Å². The molecular formula is C13H22ClN3. The van der Waals surface area contributed by atoms with Crippen LogP contribution in [-0.4, -0.2) is 16.5 Å². The molecule has 1 atom stereocenters. The van der Waals surface area contributed by atoms with Crippen LogP contribution in [0.4, 0.5) is 5.82 Å². The lowest BCUT2D eigenvalue weighted by Crippen LogP contribution is -2.14. The van der Waals surface area contributed by atoms with Gasteiger partial charge in [-0.15, -0.1) is 0 Å². The van der Waals surface area contributed by atoms with Gasteiger partial charge < -0.3 is 5.32 Å². The van der Waals surface area contributed by atoms with E-state index >= 15 is 0 Å². The van der Waals surface area contributed by atoms with Crippen molar-refractivity contribution in [2.24, 2.45) is 5.92 Å². The molecule has 1 aromatic rings. The minimum atomic E-state index is 0.501. The summed E-state index contributed by atoms with van der Waals surface area (Å²) in [6.45, 7) is 7.28. The van der Waals surface area contributed by atoms with E-state index in [9.17, 15) is 0 Å². The molecule has 4 heteroatoms. The van der Waals surface area contributed by atoms with E-state index in [0.29, 0.717) is 16.9 Å². The zero-order valence-electron chi connectivity index (χ0n) is 11.0. The number of halogens is 1. The Morgan fingerprint density at radius 2 is 2.12 bits per heavy atom. The van der Waals surface area contributed by atoms with E-state index in [1.807, 2.05) is 6.92 Å². The summed E-state index contributed by atoms with van der Waals surface area (Å²) in [6.07, 6.45) is 5.03. The summed E-state index contributed by atoms with van der Waals surface area (Å²) in [7, 11) is 0. The lowest BCUT2D eigenvalue weighted by molar-refractivity contribution is 0.472. The van der Waals surface area contributed by atoms with Crippen LogP contribution in [0.15, 0.2) is 6.07 Å². The summed E-state index contributed by atoms with van der Waals surface area (Å²) in [6, 6.07) is 1.78. The molecule has 17 heavy (non-hydrogen) atoms. The van der Waals surface area contributed by atoms with Crippen LogP contribution in [0, 0.1) is 12.8 Å². The lowest BCUT2D eigenvalue weighted by atomic mass is 9.99. The van der Waals surface area contributed by atoms with Crippen LogP contribution in [0.2, 0.25) is 5.15 Å². The van der Waals surface area contributed by atoms with Gasteiger partial charge in [0.05, 0.1) is 0 Å². The molecule has 0 aromatic carbocycles. The van der Waals surface area contributed by atoms with Crippen LogP contribution in [-0.2, 0) is 0 Å². The maximum Gasteiger partial charge on any atom is 0.134 e. The van der Waals surface area contributed by atoms with Crippen LogP contribution in [0.1, 0.15) is 45.4 Å². The molecule has 1 heterocycles. The number of hydrogen-bond donors (Lipinski definition) is 1. The fraction of sp³-hybridized carbons (Fsp3) is 0.692. The largest absolute Gasteiger partial charge is 0.370 e. The topological polar surface area (TPSA) is 37.8 Å². The van der Waals surface area contributed by atoms with Gasteiger partial charge in [-0.05, 0) is 19.3 Å². The van der Waals surface area contributed by atoms with Gasteiger partial charge in [0.2, 0.25) is 0 Å². The van der Waals surface area contributed by atoms with Gasteiger partial charge in [0.15, 0.2) is 0 Å². The molecule has 96 valence electrons. The van der Waals surface area contributed by atoms with E-state index in [1.165, 1.54) is 25.7 Å². The van der Waals surface area contributed by atoms with Crippen LogP contribution in [0.3, 0.4) is 0 Å². The van der Waals surface area contributed by atoms with E-state index in [1.54, 1.807) is 6.07 Å². The summed E-state index contributed by atoms with van der Waals surface area (Å²) >= 11 is 5.89. The zero-order chi connectivity index (χ0) is 12.7. The number of rotatable bonds is 7. The van der Waals surface area contributed by atoms with Gasteiger partial charge >= 0.3 is 0 Å². The first-order chi connectivity index (χ1) is 8.15. The zero-order valence-corrected chi connectivity index (χ0v) is 11.7. The summed E-state index contributed by atoms with van der Waals surface area (Å²) in [4.78, 5) is 8.36. The van der Waals surface area contributed by atoms with Gasteiger partial charge in [0.25, 0.3) is 0 Å². The third-order valence-corrected chi connectivity index (χ3v) is 3.12. The Morgan fingerprint density at radius 3 is 2.71 bits per heavy atom. The Bertz CT molecular complexity index is 321. The first-order valence-corrected chi connectivity index (χ1v) is 6.78. The molecule has 3 nitrogen and oxygen atoms in total. The molecular weight excluding hydrogens is 234 g/mol. The molecule has 0 saturated carbocycles. The summed E-state index contributed by atoms with van der Waals surface area (Å²) in [5.74, 6) is 2.25. The maximum atomic E-state index is 5.89. The van der Waals surface area contributed by atoms with Crippen molar-refractivity contribution >= 4 is 17.4 Å². The number of nitrogens with zero attached hydrogens (tertiary/aromatic N) is 2. The average Bonchev–Trinajstić information content (AvgIpc) is 2.28. The second-order valence-electron chi connectivity index (χ2n) is 4.42. The Hall–Kier alpha value is -0.830. The quantitative estimate of drug-likeness (QED) is 0.747. The molecule has 0 bridgehead atoms. The van der Waals surface area contributed by atoms with E-state index in [2.05, 4.69) is 29.1 Å². The normalized spacial score (nSPS) is 12.5. The van der Waals surface area contributed by atoms with Crippen LogP contribution >= 0.6 is 11.6 Å². The lowest BCUT2D eigenvalue weighted by Gasteiger charge is -2.15. The van der Waals surface area contributed by atoms with Crippen molar-refractivity contribution in [2.45, 2.75) is 46.5 Å². The molecule has 0 spiro atoms. The van der Waals surface area contributed by atoms with Crippen LogP contribution in [0.25, 0.3) is 0 Å². The molecule has 0 fully saturated rings. The molecule has 0 aliphatic heterocycles. The summed E-state index contributed by atoms with van der Waals surface area (Å²) in [5.41, 5.74) is 0. The second-order valence-corrected chi connectivity index (χ2v) is 4.81. The van der Waals surface area contributed by atoms with Crippen molar-refractivity contribution < 1.29 is 0 Å². The number of hydrogen-bond acceptors (Lipinski definition) is 3. The van der Waals surface area contributed by atoms with E-state index in [0.717, 1.165) is 12.4 Å².